The first-order valence-electron chi connectivity index (χ1n) is 10.6. The maximum absolute atomic E-state index is 11.8. The molecule has 0 aliphatic carbocycles. The van der Waals surface area contributed by atoms with Crippen LogP contribution in [0, 0.1) is 10.1 Å². The first-order chi connectivity index (χ1) is 14.3. The van der Waals surface area contributed by atoms with Gasteiger partial charge in [0, 0.05) is 37.6 Å². The highest BCUT2D eigenvalue weighted by Gasteiger charge is 2.32. The molecule has 156 valence electrons. The van der Waals surface area contributed by atoms with E-state index in [-0.39, 0.29) is 22.1 Å². The molecule has 1 atom stereocenters. The molecule has 0 amide bonds. The number of nitrogens with zero attached hydrogens (tertiary/aromatic N) is 3. The largest absolute Gasteiger partial charge is 0.350 e. The van der Waals surface area contributed by atoms with Gasteiger partial charge < -0.3 is 4.57 Å². The molecular formula is C25H29N3O2. The van der Waals surface area contributed by atoms with Gasteiger partial charge in [-0.05, 0) is 35.1 Å². The van der Waals surface area contributed by atoms with Gasteiger partial charge in [-0.2, -0.15) is 0 Å². The van der Waals surface area contributed by atoms with Crippen molar-refractivity contribution in [2.45, 2.75) is 51.7 Å². The van der Waals surface area contributed by atoms with Crippen molar-refractivity contribution in [3.05, 3.63) is 99.4 Å². The molecule has 1 aromatic heterocycles. The number of aryl methyl sites for hydroxylation is 1. The molecule has 1 aliphatic heterocycles. The Morgan fingerprint density at radius 1 is 1.00 bits per heavy atom. The van der Waals surface area contributed by atoms with Gasteiger partial charge in [0.25, 0.3) is 5.69 Å². The van der Waals surface area contributed by atoms with E-state index in [1.807, 2.05) is 18.2 Å². The van der Waals surface area contributed by atoms with Gasteiger partial charge >= 0.3 is 0 Å². The highest BCUT2D eigenvalue weighted by Crippen LogP contribution is 2.37. The Kier molecular flexibility index (Phi) is 5.48. The van der Waals surface area contributed by atoms with Crippen LogP contribution in [0.3, 0.4) is 0 Å². The lowest BCUT2D eigenvalue weighted by atomic mass is 9.86. The van der Waals surface area contributed by atoms with Gasteiger partial charge in [-0.1, -0.05) is 63.2 Å². The summed E-state index contributed by atoms with van der Waals surface area (Å²) in [5, 5.41) is 11.8. The second-order valence-corrected chi connectivity index (χ2v) is 9.12. The third kappa shape index (κ3) is 4.03. The molecule has 1 aliphatic rings. The second-order valence-electron chi connectivity index (χ2n) is 9.12. The molecule has 0 saturated carbocycles. The first kappa shape index (κ1) is 20.4. The third-order valence-electron chi connectivity index (χ3n) is 5.99. The zero-order chi connectivity index (χ0) is 21.3. The minimum absolute atomic E-state index is 0.120. The molecule has 4 rings (SSSR count). The lowest BCUT2D eigenvalue weighted by Gasteiger charge is -2.30. The zero-order valence-electron chi connectivity index (χ0n) is 17.9. The zero-order valence-corrected chi connectivity index (χ0v) is 17.9. The average molecular weight is 404 g/mol. The van der Waals surface area contributed by atoms with Gasteiger partial charge in [0.15, 0.2) is 0 Å². The minimum Gasteiger partial charge on any atom is -0.350 e. The summed E-state index contributed by atoms with van der Waals surface area (Å²) in [5.41, 5.74) is 4.72. The van der Waals surface area contributed by atoms with Crippen LogP contribution >= 0.6 is 0 Å². The first-order valence-corrected chi connectivity index (χ1v) is 10.6. The molecule has 5 heteroatoms. The monoisotopic (exact) mass is 403 g/mol. The van der Waals surface area contributed by atoms with Crippen LogP contribution in [0.25, 0.3) is 0 Å². The Morgan fingerprint density at radius 2 is 1.73 bits per heavy atom. The summed E-state index contributed by atoms with van der Waals surface area (Å²) in [4.78, 5) is 13.9. The van der Waals surface area contributed by atoms with Gasteiger partial charge in [0.1, 0.15) is 0 Å². The van der Waals surface area contributed by atoms with Crippen molar-refractivity contribution >= 4 is 5.69 Å². The Bertz CT molecular complexity index is 1030. The van der Waals surface area contributed by atoms with E-state index in [2.05, 4.69) is 66.8 Å². The Balaban J connectivity index is 1.73. The van der Waals surface area contributed by atoms with Crippen LogP contribution in [0.2, 0.25) is 0 Å². The molecule has 0 N–H and O–H groups in total. The van der Waals surface area contributed by atoms with E-state index in [9.17, 15) is 10.1 Å². The Hall–Kier alpha value is -2.92. The summed E-state index contributed by atoms with van der Waals surface area (Å²) in [7, 11) is 0. The number of hydrogen-bond acceptors (Lipinski definition) is 3. The van der Waals surface area contributed by atoms with Crippen molar-refractivity contribution in [1.29, 1.82) is 0 Å². The number of nitro groups is 1. The summed E-state index contributed by atoms with van der Waals surface area (Å²) in [6, 6.07) is 20.0. The normalized spacial score (nSPS) is 17.4. The average Bonchev–Trinajstić information content (AvgIpc) is 3.09. The van der Waals surface area contributed by atoms with Crippen molar-refractivity contribution in [3.8, 4) is 0 Å². The van der Waals surface area contributed by atoms with Crippen molar-refractivity contribution in [3.63, 3.8) is 0 Å². The van der Waals surface area contributed by atoms with Crippen LogP contribution in [0.4, 0.5) is 5.69 Å². The third-order valence-corrected chi connectivity index (χ3v) is 5.99. The molecule has 30 heavy (non-hydrogen) atoms. The SMILES string of the molecule is CC(C)(C)c1ccc(CN2CCCn3cccc3[C@@H]2c2ccccc2[N+](=O)[O-])cc1. The number of benzene rings is 2. The number of rotatable bonds is 4. The lowest BCUT2D eigenvalue weighted by molar-refractivity contribution is -0.385. The smallest absolute Gasteiger partial charge is 0.274 e. The van der Waals surface area contributed by atoms with Crippen LogP contribution in [-0.2, 0) is 18.5 Å². The van der Waals surface area contributed by atoms with E-state index >= 15 is 0 Å². The predicted molar refractivity (Wildman–Crippen MR) is 120 cm³/mol. The number of fused-ring (bicyclic) bond motifs is 1. The summed E-state index contributed by atoms with van der Waals surface area (Å²) in [6.45, 7) is 9.23. The fourth-order valence-electron chi connectivity index (χ4n) is 4.40. The lowest BCUT2D eigenvalue weighted by Crippen LogP contribution is -2.30. The molecule has 0 radical (unpaired) electrons. The standard InChI is InChI=1S/C25H29N3O2/c1-25(2,3)20-13-11-19(12-14-20)18-27-17-7-16-26-15-6-10-23(26)24(27)21-8-4-5-9-22(21)28(29)30/h4-6,8-15,24H,7,16-18H2,1-3H3/t24-/m0/s1. The molecule has 2 aromatic carbocycles. The van der Waals surface area contributed by atoms with Crippen LogP contribution < -0.4 is 0 Å². The summed E-state index contributed by atoms with van der Waals surface area (Å²) >= 11 is 0. The Morgan fingerprint density at radius 3 is 2.43 bits per heavy atom. The number of para-hydroxylation sites is 1. The number of hydrogen-bond donors (Lipinski definition) is 0. The van der Waals surface area contributed by atoms with Gasteiger partial charge in [-0.25, -0.2) is 0 Å². The highest BCUT2D eigenvalue weighted by molar-refractivity contribution is 5.46. The van der Waals surface area contributed by atoms with E-state index in [1.54, 1.807) is 12.1 Å². The number of aromatic nitrogens is 1. The molecule has 0 fully saturated rings. The second kappa shape index (κ2) is 8.07. The maximum atomic E-state index is 11.8. The quantitative estimate of drug-likeness (QED) is 0.415. The van der Waals surface area contributed by atoms with Crippen molar-refractivity contribution in [1.82, 2.24) is 9.47 Å². The minimum atomic E-state index is -0.260. The molecule has 0 unspecified atom stereocenters. The molecule has 0 bridgehead atoms. The summed E-state index contributed by atoms with van der Waals surface area (Å²) < 4.78 is 2.24. The number of nitro benzene ring substituents is 1. The molecule has 3 aromatic rings. The molecule has 2 heterocycles. The summed E-state index contributed by atoms with van der Waals surface area (Å²) in [5.74, 6) is 0. The highest BCUT2D eigenvalue weighted by atomic mass is 16.6. The topological polar surface area (TPSA) is 51.3 Å². The van der Waals surface area contributed by atoms with Gasteiger partial charge in [0.2, 0.25) is 0 Å². The fraction of sp³-hybridized carbons (Fsp3) is 0.360. The van der Waals surface area contributed by atoms with Crippen LogP contribution in [0.1, 0.15) is 55.6 Å². The van der Waals surface area contributed by atoms with Crippen molar-refractivity contribution < 1.29 is 4.92 Å². The van der Waals surface area contributed by atoms with E-state index < -0.39 is 0 Å². The Labute approximate surface area is 178 Å². The van der Waals surface area contributed by atoms with Crippen molar-refractivity contribution in [2.75, 3.05) is 6.54 Å². The van der Waals surface area contributed by atoms with Crippen molar-refractivity contribution in [2.24, 2.45) is 0 Å². The molecular weight excluding hydrogens is 374 g/mol. The van der Waals surface area contributed by atoms with E-state index in [1.165, 1.54) is 11.1 Å². The van der Waals surface area contributed by atoms with Crippen LogP contribution in [0.5, 0.6) is 0 Å². The van der Waals surface area contributed by atoms with Gasteiger partial charge in [-0.3, -0.25) is 15.0 Å². The van der Waals surface area contributed by atoms with E-state index in [0.717, 1.165) is 37.3 Å². The predicted octanol–water partition coefficient (Wildman–Crippen LogP) is 5.69. The molecule has 0 saturated heterocycles. The van der Waals surface area contributed by atoms with E-state index in [4.69, 9.17) is 0 Å². The van der Waals surface area contributed by atoms with Crippen LogP contribution in [-0.4, -0.2) is 20.9 Å². The van der Waals surface area contributed by atoms with Gasteiger partial charge in [0.05, 0.1) is 16.5 Å². The molecule has 0 spiro atoms. The fourth-order valence-corrected chi connectivity index (χ4v) is 4.40. The van der Waals surface area contributed by atoms with E-state index in [0.29, 0.717) is 0 Å². The molecule has 5 nitrogen and oxygen atoms in total. The van der Waals surface area contributed by atoms with Crippen LogP contribution in [0.15, 0.2) is 66.9 Å². The summed E-state index contributed by atoms with van der Waals surface area (Å²) in [6.07, 6.45) is 3.09. The van der Waals surface area contributed by atoms with Gasteiger partial charge in [-0.15, -0.1) is 0 Å². The maximum Gasteiger partial charge on any atom is 0.274 e.